The van der Waals surface area contributed by atoms with Crippen LogP contribution in [0.4, 0.5) is 10.1 Å². The quantitative estimate of drug-likeness (QED) is 0.926. The van der Waals surface area contributed by atoms with Crippen LogP contribution in [0.1, 0.15) is 26.7 Å². The van der Waals surface area contributed by atoms with Crippen molar-refractivity contribution < 1.29 is 4.39 Å². The molecule has 1 aromatic rings. The molecule has 2 saturated heterocycles. The fourth-order valence-electron chi connectivity index (χ4n) is 3.24. The molecule has 0 unspecified atom stereocenters. The summed E-state index contributed by atoms with van der Waals surface area (Å²) in [4.78, 5) is 4.69. The first-order valence-corrected chi connectivity index (χ1v) is 8.67. The highest BCUT2D eigenvalue weighted by Gasteiger charge is 2.34. The summed E-state index contributed by atoms with van der Waals surface area (Å²) in [6.07, 6.45) is 1.32. The van der Waals surface area contributed by atoms with Gasteiger partial charge >= 0.3 is 0 Å². The van der Waals surface area contributed by atoms with Crippen LogP contribution in [0.2, 0.25) is 0 Å². The Hall–Kier alpha value is -1.13. The van der Waals surface area contributed by atoms with Crippen molar-refractivity contribution in [3.8, 4) is 0 Å². The number of rotatable bonds is 3. The highest BCUT2D eigenvalue weighted by atomic mass is 19.1. The summed E-state index contributed by atoms with van der Waals surface area (Å²) in [7, 11) is 0. The van der Waals surface area contributed by atoms with E-state index in [-0.39, 0.29) is 0 Å². The van der Waals surface area contributed by atoms with E-state index in [9.17, 15) is 4.39 Å². The Labute approximate surface area is 134 Å². The van der Waals surface area contributed by atoms with Crippen LogP contribution in [-0.2, 0) is 0 Å². The zero-order chi connectivity index (χ0) is 15.8. The summed E-state index contributed by atoms with van der Waals surface area (Å²) in [5.74, 6) is 0. The highest BCUT2D eigenvalue weighted by molar-refractivity contribution is 5.46. The van der Waals surface area contributed by atoms with Gasteiger partial charge in [-0.15, -0.1) is 0 Å². The zero-order valence-corrected chi connectivity index (χ0v) is 14.0. The van der Waals surface area contributed by atoms with Crippen molar-refractivity contribution in [3.05, 3.63) is 30.3 Å². The minimum Gasteiger partial charge on any atom is -0.369 e. The summed E-state index contributed by atoms with van der Waals surface area (Å²) in [5, 5.41) is 3.24. The maximum Gasteiger partial charge on any atom is 0.126 e. The molecule has 124 valence electrons. The topological polar surface area (TPSA) is 18.5 Å². The molecule has 1 N–H and O–H groups in total. The molecule has 0 amide bonds. The lowest BCUT2D eigenvalue weighted by Gasteiger charge is -2.40. The van der Waals surface area contributed by atoms with Gasteiger partial charge in [0.15, 0.2) is 0 Å². The third-order valence-electron chi connectivity index (χ3n) is 4.50. The van der Waals surface area contributed by atoms with Crippen molar-refractivity contribution in [2.75, 3.05) is 50.7 Å². The first kappa shape index (κ1) is 17.2. The third kappa shape index (κ3) is 4.68. The smallest absolute Gasteiger partial charge is 0.126 e. The Bertz CT molecular complexity index is 410. The monoisotopic (exact) mass is 307 g/mol. The second-order valence-electron chi connectivity index (χ2n) is 6.00. The summed E-state index contributed by atoms with van der Waals surface area (Å²) in [6, 6.07) is 10.5. The molecule has 4 heteroatoms. The van der Waals surface area contributed by atoms with Crippen LogP contribution in [0.5, 0.6) is 0 Å². The second kappa shape index (κ2) is 8.49. The molecule has 0 spiro atoms. The first-order valence-electron chi connectivity index (χ1n) is 8.67. The number of benzene rings is 1. The lowest BCUT2D eigenvalue weighted by atomic mass is 9.93. The number of nitrogens with zero attached hydrogens (tertiary/aromatic N) is 2. The minimum absolute atomic E-state index is 0.608. The molecule has 1 aromatic carbocycles. The van der Waals surface area contributed by atoms with Crippen LogP contribution >= 0.6 is 0 Å². The molecule has 0 radical (unpaired) electrons. The Kier molecular flexibility index (Phi) is 6.65. The van der Waals surface area contributed by atoms with Crippen molar-refractivity contribution in [3.63, 3.8) is 0 Å². The van der Waals surface area contributed by atoms with Crippen LogP contribution in [0.15, 0.2) is 30.3 Å². The molecule has 0 aromatic heterocycles. The molecule has 2 aliphatic heterocycles. The van der Waals surface area contributed by atoms with Gasteiger partial charge in [0.1, 0.15) is 5.67 Å². The molecular formula is C18H30FN3. The van der Waals surface area contributed by atoms with Crippen molar-refractivity contribution in [1.29, 1.82) is 0 Å². The van der Waals surface area contributed by atoms with Crippen LogP contribution in [0.3, 0.4) is 0 Å². The van der Waals surface area contributed by atoms with Gasteiger partial charge in [-0.2, -0.15) is 0 Å². The van der Waals surface area contributed by atoms with Crippen LogP contribution < -0.4 is 10.2 Å². The lowest BCUT2D eigenvalue weighted by Crippen LogP contribution is -2.53. The zero-order valence-electron chi connectivity index (χ0n) is 14.0. The van der Waals surface area contributed by atoms with Gasteiger partial charge < -0.3 is 10.2 Å². The standard InChI is InChI=1S/C16H24FN3.C2H6/c17-16(6-8-18-9-7-16)14-19-10-12-20(13-11-19)15-4-2-1-3-5-15;1-2/h1-5,18H,6-14H2;1-2H3. The van der Waals surface area contributed by atoms with E-state index in [4.69, 9.17) is 0 Å². The Morgan fingerprint density at radius 3 is 2.18 bits per heavy atom. The van der Waals surface area contributed by atoms with Crippen molar-refractivity contribution in [2.24, 2.45) is 0 Å². The van der Waals surface area contributed by atoms with E-state index >= 15 is 0 Å². The Morgan fingerprint density at radius 2 is 1.59 bits per heavy atom. The van der Waals surface area contributed by atoms with Crippen molar-refractivity contribution in [2.45, 2.75) is 32.4 Å². The van der Waals surface area contributed by atoms with E-state index in [1.165, 1.54) is 5.69 Å². The van der Waals surface area contributed by atoms with Gasteiger partial charge in [0.25, 0.3) is 0 Å². The summed E-state index contributed by atoms with van der Waals surface area (Å²) < 4.78 is 14.7. The number of para-hydroxylation sites is 1. The minimum atomic E-state index is -0.972. The van der Waals surface area contributed by atoms with E-state index < -0.39 is 5.67 Å². The van der Waals surface area contributed by atoms with Gasteiger partial charge in [-0.3, -0.25) is 4.90 Å². The van der Waals surface area contributed by atoms with Crippen molar-refractivity contribution >= 4 is 5.69 Å². The highest BCUT2D eigenvalue weighted by Crippen LogP contribution is 2.25. The molecule has 2 aliphatic rings. The van der Waals surface area contributed by atoms with Gasteiger partial charge in [0.2, 0.25) is 0 Å². The van der Waals surface area contributed by atoms with Gasteiger partial charge in [0, 0.05) is 38.4 Å². The van der Waals surface area contributed by atoms with Gasteiger partial charge in [0.05, 0.1) is 0 Å². The molecule has 0 aliphatic carbocycles. The maximum absolute atomic E-state index is 14.7. The molecule has 0 saturated carbocycles. The molecular weight excluding hydrogens is 277 g/mol. The predicted octanol–water partition coefficient (Wildman–Crippen LogP) is 2.93. The number of piperazine rings is 1. The number of hydrogen-bond acceptors (Lipinski definition) is 3. The molecule has 0 bridgehead atoms. The summed E-state index contributed by atoms with van der Waals surface area (Å²) in [5.41, 5.74) is 0.309. The largest absolute Gasteiger partial charge is 0.369 e. The normalized spacial score (nSPS) is 21.9. The van der Waals surface area contributed by atoms with Crippen LogP contribution in [0.25, 0.3) is 0 Å². The van der Waals surface area contributed by atoms with Gasteiger partial charge in [-0.25, -0.2) is 4.39 Å². The molecule has 2 fully saturated rings. The summed E-state index contributed by atoms with van der Waals surface area (Å²) in [6.45, 7) is 10.2. The molecule has 22 heavy (non-hydrogen) atoms. The fourth-order valence-corrected chi connectivity index (χ4v) is 3.24. The van der Waals surface area contributed by atoms with E-state index in [0.29, 0.717) is 19.4 Å². The van der Waals surface area contributed by atoms with E-state index in [0.717, 1.165) is 39.3 Å². The van der Waals surface area contributed by atoms with Crippen molar-refractivity contribution in [1.82, 2.24) is 10.2 Å². The number of alkyl halides is 1. The molecule has 3 rings (SSSR count). The third-order valence-corrected chi connectivity index (χ3v) is 4.50. The molecule has 3 nitrogen and oxygen atoms in total. The SMILES string of the molecule is CC.FC1(CN2CCN(c3ccccc3)CC2)CCNCC1. The Balaban J connectivity index is 0.000000847. The number of anilines is 1. The summed E-state index contributed by atoms with van der Waals surface area (Å²) >= 11 is 0. The van der Waals surface area contributed by atoms with Crippen LogP contribution in [0, 0.1) is 0 Å². The maximum atomic E-state index is 14.7. The average molecular weight is 307 g/mol. The number of halogens is 1. The molecule has 0 atom stereocenters. The van der Waals surface area contributed by atoms with Gasteiger partial charge in [-0.05, 0) is 38.1 Å². The van der Waals surface area contributed by atoms with E-state index in [2.05, 4.69) is 39.4 Å². The Morgan fingerprint density at radius 1 is 1.00 bits per heavy atom. The van der Waals surface area contributed by atoms with E-state index in [1.54, 1.807) is 0 Å². The van der Waals surface area contributed by atoms with Crippen LogP contribution in [-0.4, -0.2) is 56.4 Å². The van der Waals surface area contributed by atoms with Gasteiger partial charge in [-0.1, -0.05) is 32.0 Å². The van der Waals surface area contributed by atoms with E-state index in [1.807, 2.05) is 19.9 Å². The average Bonchev–Trinajstić information content (AvgIpc) is 2.58. The lowest BCUT2D eigenvalue weighted by molar-refractivity contribution is 0.0591. The predicted molar refractivity (Wildman–Crippen MR) is 92.4 cm³/mol. The fraction of sp³-hybridized carbons (Fsp3) is 0.667. The number of hydrogen-bond donors (Lipinski definition) is 1. The number of nitrogens with one attached hydrogen (secondary N) is 1. The molecule has 2 heterocycles. The second-order valence-corrected chi connectivity index (χ2v) is 6.00. The first-order chi connectivity index (χ1) is 10.8. The number of piperidine rings is 1.